The molecule has 0 radical (unpaired) electrons. The highest BCUT2D eigenvalue weighted by molar-refractivity contribution is 6.01. The normalized spacial score (nSPS) is 11.9. The molecule has 0 aliphatic rings. The fraction of sp³-hybridized carbons (Fsp3) is 0.200. The van der Waals surface area contributed by atoms with Gasteiger partial charge >= 0.3 is 5.97 Å². The average Bonchev–Trinajstić information content (AvgIpc) is 2.66. The molecule has 0 bridgehead atoms. The maximum absolute atomic E-state index is 12.3. The molecular weight excluding hydrogens is 334 g/mol. The summed E-state index contributed by atoms with van der Waals surface area (Å²) in [7, 11) is 0. The van der Waals surface area contributed by atoms with E-state index in [0.717, 1.165) is 12.0 Å². The van der Waals surface area contributed by atoms with Crippen LogP contribution in [0.15, 0.2) is 54.6 Å². The summed E-state index contributed by atoms with van der Waals surface area (Å²) in [6.45, 7) is 3.55. The third-order valence-corrected chi connectivity index (χ3v) is 3.82. The van der Waals surface area contributed by atoms with Crippen LogP contribution in [0.4, 0.5) is 5.69 Å². The van der Waals surface area contributed by atoms with Crippen LogP contribution in [-0.2, 0) is 16.0 Å². The standard InChI is InChI=1S/C20H19NO5/c1-3-15-4-9-17(10-5-15)20(23)14(2)26-19(22)13-8-16-6-11-18(12-7-16)21(24)25/h4-14H,3H2,1-2H3/b13-8+/t14-/m0/s1. The number of carbonyl (C=O) groups is 2. The second-order valence-electron chi connectivity index (χ2n) is 5.68. The van der Waals surface area contributed by atoms with Crippen LogP contribution >= 0.6 is 0 Å². The smallest absolute Gasteiger partial charge is 0.331 e. The number of ether oxygens (including phenoxy) is 1. The van der Waals surface area contributed by atoms with Crippen LogP contribution in [0.3, 0.4) is 0 Å². The van der Waals surface area contributed by atoms with Crippen LogP contribution in [0, 0.1) is 10.1 Å². The van der Waals surface area contributed by atoms with Crippen molar-refractivity contribution in [1.29, 1.82) is 0 Å². The number of carbonyl (C=O) groups excluding carboxylic acids is 2. The van der Waals surface area contributed by atoms with E-state index in [9.17, 15) is 19.7 Å². The lowest BCUT2D eigenvalue weighted by Gasteiger charge is -2.11. The number of aryl methyl sites for hydroxylation is 1. The van der Waals surface area contributed by atoms with Gasteiger partial charge in [0.25, 0.3) is 5.69 Å². The first-order chi connectivity index (χ1) is 12.4. The van der Waals surface area contributed by atoms with E-state index in [1.54, 1.807) is 12.1 Å². The van der Waals surface area contributed by atoms with Crippen LogP contribution in [0.2, 0.25) is 0 Å². The number of nitro benzene ring substituents is 1. The van der Waals surface area contributed by atoms with Crippen LogP contribution < -0.4 is 0 Å². The monoisotopic (exact) mass is 353 g/mol. The highest BCUT2D eigenvalue weighted by Gasteiger charge is 2.18. The minimum atomic E-state index is -0.906. The lowest BCUT2D eigenvalue weighted by molar-refractivity contribution is -0.384. The van der Waals surface area contributed by atoms with Gasteiger partial charge in [-0.05, 0) is 42.7 Å². The summed E-state index contributed by atoms with van der Waals surface area (Å²) in [6.07, 6.45) is 2.63. The Labute approximate surface area is 151 Å². The van der Waals surface area contributed by atoms with E-state index in [2.05, 4.69) is 0 Å². The number of non-ortho nitro benzene ring substituents is 1. The summed E-state index contributed by atoms with van der Waals surface area (Å²) in [5.74, 6) is -0.931. The summed E-state index contributed by atoms with van der Waals surface area (Å²) in [5.41, 5.74) is 2.19. The highest BCUT2D eigenvalue weighted by Crippen LogP contribution is 2.13. The van der Waals surface area contributed by atoms with Gasteiger partial charge in [-0.3, -0.25) is 14.9 Å². The third kappa shape index (κ3) is 5.11. The SMILES string of the molecule is CCc1ccc(C(=O)[C@H](C)OC(=O)/C=C/c2ccc([N+](=O)[O-])cc2)cc1. The molecule has 0 unspecified atom stereocenters. The first-order valence-corrected chi connectivity index (χ1v) is 8.17. The Bertz CT molecular complexity index is 822. The van der Waals surface area contributed by atoms with Gasteiger partial charge in [0.05, 0.1) is 4.92 Å². The molecule has 0 saturated carbocycles. The molecule has 0 spiro atoms. The number of hydrogen-bond donors (Lipinski definition) is 0. The van der Waals surface area contributed by atoms with Crippen molar-refractivity contribution in [3.05, 3.63) is 81.4 Å². The molecule has 0 amide bonds. The Morgan fingerprint density at radius 1 is 1.12 bits per heavy atom. The van der Waals surface area contributed by atoms with E-state index in [4.69, 9.17) is 4.74 Å². The number of benzene rings is 2. The topological polar surface area (TPSA) is 86.5 Å². The molecule has 0 aromatic heterocycles. The molecule has 0 fully saturated rings. The summed E-state index contributed by atoms with van der Waals surface area (Å²) >= 11 is 0. The van der Waals surface area contributed by atoms with Crippen molar-refractivity contribution in [3.63, 3.8) is 0 Å². The predicted molar refractivity (Wildman–Crippen MR) is 97.8 cm³/mol. The highest BCUT2D eigenvalue weighted by atomic mass is 16.6. The molecular formula is C20H19NO5. The van der Waals surface area contributed by atoms with Crippen LogP contribution in [-0.4, -0.2) is 22.8 Å². The molecule has 26 heavy (non-hydrogen) atoms. The molecule has 0 heterocycles. The van der Waals surface area contributed by atoms with Gasteiger partial charge in [0, 0.05) is 23.8 Å². The van der Waals surface area contributed by atoms with Crippen molar-refractivity contribution in [3.8, 4) is 0 Å². The van der Waals surface area contributed by atoms with Crippen molar-refractivity contribution < 1.29 is 19.2 Å². The molecule has 2 aromatic rings. The zero-order valence-electron chi connectivity index (χ0n) is 14.5. The average molecular weight is 353 g/mol. The molecule has 0 N–H and O–H groups in total. The number of nitrogens with zero attached hydrogens (tertiary/aromatic N) is 1. The Morgan fingerprint density at radius 2 is 1.73 bits per heavy atom. The number of rotatable bonds is 7. The minimum Gasteiger partial charge on any atom is -0.451 e. The van der Waals surface area contributed by atoms with Crippen molar-refractivity contribution in [2.75, 3.05) is 0 Å². The van der Waals surface area contributed by atoms with E-state index in [1.165, 1.54) is 43.3 Å². The first kappa shape index (κ1) is 19.1. The summed E-state index contributed by atoms with van der Waals surface area (Å²) < 4.78 is 5.12. The van der Waals surface area contributed by atoms with Crippen molar-refractivity contribution in [2.45, 2.75) is 26.4 Å². The Balaban J connectivity index is 1.94. The maximum atomic E-state index is 12.3. The van der Waals surface area contributed by atoms with E-state index >= 15 is 0 Å². The number of ketones is 1. The van der Waals surface area contributed by atoms with Crippen LogP contribution in [0.1, 0.15) is 35.3 Å². The third-order valence-electron chi connectivity index (χ3n) is 3.82. The fourth-order valence-corrected chi connectivity index (χ4v) is 2.28. The van der Waals surface area contributed by atoms with Crippen LogP contribution in [0.25, 0.3) is 6.08 Å². The number of hydrogen-bond acceptors (Lipinski definition) is 5. The van der Waals surface area contributed by atoms with Gasteiger partial charge in [-0.1, -0.05) is 31.2 Å². The van der Waals surface area contributed by atoms with E-state index in [0.29, 0.717) is 11.1 Å². The van der Waals surface area contributed by atoms with Gasteiger partial charge in [-0.2, -0.15) is 0 Å². The summed E-state index contributed by atoms with van der Waals surface area (Å²) in [5, 5.41) is 10.6. The Kier molecular flexibility index (Phi) is 6.38. The van der Waals surface area contributed by atoms with E-state index < -0.39 is 17.0 Å². The number of esters is 1. The van der Waals surface area contributed by atoms with Crippen molar-refractivity contribution >= 4 is 23.5 Å². The molecule has 2 aromatic carbocycles. The molecule has 6 nitrogen and oxygen atoms in total. The first-order valence-electron chi connectivity index (χ1n) is 8.17. The van der Waals surface area contributed by atoms with Gasteiger partial charge in [0.15, 0.2) is 6.10 Å². The van der Waals surface area contributed by atoms with Crippen molar-refractivity contribution in [1.82, 2.24) is 0 Å². The van der Waals surface area contributed by atoms with Gasteiger partial charge in [0.1, 0.15) is 0 Å². The van der Waals surface area contributed by atoms with Gasteiger partial charge in [-0.15, -0.1) is 0 Å². The maximum Gasteiger partial charge on any atom is 0.331 e. The minimum absolute atomic E-state index is 0.0296. The second kappa shape index (κ2) is 8.71. The molecule has 0 aliphatic carbocycles. The molecule has 1 atom stereocenters. The van der Waals surface area contributed by atoms with Gasteiger partial charge in [0.2, 0.25) is 5.78 Å². The number of nitro groups is 1. The quantitative estimate of drug-likeness (QED) is 0.247. The van der Waals surface area contributed by atoms with Crippen molar-refractivity contribution in [2.24, 2.45) is 0 Å². The molecule has 134 valence electrons. The predicted octanol–water partition coefficient (Wildman–Crippen LogP) is 3.99. The lowest BCUT2D eigenvalue weighted by atomic mass is 10.0. The molecule has 6 heteroatoms. The summed E-state index contributed by atoms with van der Waals surface area (Å²) in [4.78, 5) is 34.3. The zero-order chi connectivity index (χ0) is 19.1. The van der Waals surface area contributed by atoms with Gasteiger partial charge < -0.3 is 4.74 Å². The number of Topliss-reactive ketones (excluding diaryl/α,β-unsaturated/α-hetero) is 1. The lowest BCUT2D eigenvalue weighted by Crippen LogP contribution is -2.23. The summed E-state index contributed by atoms with van der Waals surface area (Å²) in [6, 6.07) is 12.9. The molecule has 0 aliphatic heterocycles. The van der Waals surface area contributed by atoms with Crippen LogP contribution in [0.5, 0.6) is 0 Å². The largest absolute Gasteiger partial charge is 0.451 e. The Hall–Kier alpha value is -3.28. The zero-order valence-corrected chi connectivity index (χ0v) is 14.5. The van der Waals surface area contributed by atoms with E-state index in [-0.39, 0.29) is 11.5 Å². The fourth-order valence-electron chi connectivity index (χ4n) is 2.28. The van der Waals surface area contributed by atoms with E-state index in [1.807, 2.05) is 19.1 Å². The second-order valence-corrected chi connectivity index (χ2v) is 5.68. The Morgan fingerprint density at radius 3 is 2.27 bits per heavy atom. The van der Waals surface area contributed by atoms with Gasteiger partial charge in [-0.25, -0.2) is 4.79 Å². The molecule has 0 saturated heterocycles. The molecule has 2 rings (SSSR count).